The molecule has 0 saturated carbocycles. The lowest BCUT2D eigenvalue weighted by molar-refractivity contribution is 0.256. The molecule has 0 radical (unpaired) electrons. The average Bonchev–Trinajstić information content (AvgIpc) is 3.35. The summed E-state index contributed by atoms with van der Waals surface area (Å²) in [6, 6.07) is 9.61. The van der Waals surface area contributed by atoms with Crippen LogP contribution in [0.3, 0.4) is 0 Å². The van der Waals surface area contributed by atoms with Crippen LogP contribution in [-0.4, -0.2) is 40.3 Å². The van der Waals surface area contributed by atoms with Crippen molar-refractivity contribution in [1.82, 2.24) is 33.7 Å². The fourth-order valence-corrected chi connectivity index (χ4v) is 4.28. The Labute approximate surface area is 182 Å². The van der Waals surface area contributed by atoms with E-state index < -0.39 is 0 Å². The van der Waals surface area contributed by atoms with Gasteiger partial charge in [0, 0.05) is 19.0 Å². The van der Waals surface area contributed by atoms with Gasteiger partial charge in [-0.1, -0.05) is 18.2 Å². The summed E-state index contributed by atoms with van der Waals surface area (Å²) >= 11 is 0. The minimum Gasteiger partial charge on any atom is -0.493 e. The minimum atomic E-state index is -0.160. The standard InChI is InChI=1S/C22H20N8O2/c1-13-9-19-24-12-25-29(19)11-15(13)26-21-23-10-17-20(27-21)30(22(31)28(17)2)16-7-8-32-18-6-4-3-5-14(16)18/h3-6,9-12,16H,7-8H2,1-2H3,(H,23,26,27)/t16-/m1/s1. The summed E-state index contributed by atoms with van der Waals surface area (Å²) in [6.45, 7) is 2.52. The molecule has 1 atom stereocenters. The maximum atomic E-state index is 13.2. The number of hydrogen-bond acceptors (Lipinski definition) is 7. The van der Waals surface area contributed by atoms with E-state index in [2.05, 4.69) is 20.4 Å². The molecule has 0 fully saturated rings. The van der Waals surface area contributed by atoms with Crippen LogP contribution < -0.4 is 15.7 Å². The molecule has 10 nitrogen and oxygen atoms in total. The zero-order chi connectivity index (χ0) is 21.8. The Morgan fingerprint density at radius 2 is 2.09 bits per heavy atom. The smallest absolute Gasteiger partial charge is 0.330 e. The van der Waals surface area contributed by atoms with Gasteiger partial charge in [0.1, 0.15) is 17.6 Å². The first-order valence-corrected chi connectivity index (χ1v) is 10.3. The van der Waals surface area contributed by atoms with Crippen molar-refractivity contribution in [2.75, 3.05) is 11.9 Å². The fraction of sp³-hybridized carbons (Fsp3) is 0.227. The van der Waals surface area contributed by atoms with E-state index in [0.717, 1.165) is 28.2 Å². The molecule has 0 saturated heterocycles. The fourth-order valence-electron chi connectivity index (χ4n) is 4.28. The van der Waals surface area contributed by atoms with Crippen LogP contribution in [0.15, 0.2) is 53.8 Å². The monoisotopic (exact) mass is 428 g/mol. The summed E-state index contributed by atoms with van der Waals surface area (Å²) in [7, 11) is 1.74. The molecule has 1 aliphatic rings. The SMILES string of the molecule is Cc1cc2ncnn2cc1Nc1ncc2c(n1)n([C@@H]1CCOc3ccccc31)c(=O)n2C. The van der Waals surface area contributed by atoms with Crippen LogP contribution >= 0.6 is 0 Å². The number of aryl methyl sites for hydroxylation is 2. The second kappa shape index (κ2) is 6.91. The molecule has 10 heteroatoms. The van der Waals surface area contributed by atoms with Crippen molar-refractivity contribution in [2.24, 2.45) is 7.05 Å². The number of rotatable bonds is 3. The molecule has 6 rings (SSSR count). The summed E-state index contributed by atoms with van der Waals surface area (Å²) in [6.07, 6.45) is 5.72. The number of aromatic nitrogens is 7. The maximum absolute atomic E-state index is 13.2. The third-order valence-corrected chi connectivity index (χ3v) is 5.94. The summed E-state index contributed by atoms with van der Waals surface area (Å²) in [4.78, 5) is 26.6. The molecule has 32 heavy (non-hydrogen) atoms. The number of nitrogens with zero attached hydrogens (tertiary/aromatic N) is 7. The Bertz CT molecular complexity index is 1550. The van der Waals surface area contributed by atoms with Crippen LogP contribution in [0.2, 0.25) is 0 Å². The van der Waals surface area contributed by atoms with Crippen LogP contribution in [-0.2, 0) is 7.05 Å². The van der Waals surface area contributed by atoms with Crippen molar-refractivity contribution in [1.29, 1.82) is 0 Å². The van der Waals surface area contributed by atoms with Gasteiger partial charge in [0.05, 0.1) is 30.7 Å². The molecule has 5 aromatic rings. The van der Waals surface area contributed by atoms with Crippen molar-refractivity contribution in [3.63, 3.8) is 0 Å². The van der Waals surface area contributed by atoms with Crippen LogP contribution in [0.5, 0.6) is 5.75 Å². The van der Waals surface area contributed by atoms with E-state index in [1.807, 2.05) is 43.5 Å². The van der Waals surface area contributed by atoms with Gasteiger partial charge in [0.2, 0.25) is 5.95 Å². The summed E-state index contributed by atoms with van der Waals surface area (Å²) in [5.41, 5.74) is 4.66. The van der Waals surface area contributed by atoms with Gasteiger partial charge in [0.15, 0.2) is 11.3 Å². The molecule has 0 amide bonds. The third-order valence-electron chi connectivity index (χ3n) is 5.94. The molecule has 1 N–H and O–H groups in total. The molecule has 5 heterocycles. The molecular formula is C22H20N8O2. The number of para-hydroxylation sites is 1. The second-order valence-corrected chi connectivity index (χ2v) is 7.86. The molecular weight excluding hydrogens is 408 g/mol. The molecule has 0 unspecified atom stereocenters. The zero-order valence-electron chi connectivity index (χ0n) is 17.6. The normalized spacial score (nSPS) is 15.6. The number of fused-ring (bicyclic) bond motifs is 3. The Hall–Kier alpha value is -4.21. The van der Waals surface area contributed by atoms with Gasteiger partial charge >= 0.3 is 5.69 Å². The highest BCUT2D eigenvalue weighted by Gasteiger charge is 2.27. The van der Waals surface area contributed by atoms with Gasteiger partial charge < -0.3 is 10.1 Å². The number of hydrogen-bond donors (Lipinski definition) is 1. The van der Waals surface area contributed by atoms with Gasteiger partial charge in [-0.05, 0) is 24.6 Å². The second-order valence-electron chi connectivity index (χ2n) is 7.86. The molecule has 4 aromatic heterocycles. The number of anilines is 2. The Morgan fingerprint density at radius 1 is 1.22 bits per heavy atom. The summed E-state index contributed by atoms with van der Waals surface area (Å²) in [5.74, 6) is 1.21. The van der Waals surface area contributed by atoms with Gasteiger partial charge in [-0.3, -0.25) is 9.13 Å². The lowest BCUT2D eigenvalue weighted by Crippen LogP contribution is -2.30. The molecule has 0 bridgehead atoms. The number of imidazole rings is 1. The number of pyridine rings is 1. The zero-order valence-corrected chi connectivity index (χ0v) is 17.6. The number of nitrogens with one attached hydrogen (secondary N) is 1. The van der Waals surface area contributed by atoms with Crippen LogP contribution in [0.1, 0.15) is 23.6 Å². The van der Waals surface area contributed by atoms with Crippen LogP contribution in [0.25, 0.3) is 16.8 Å². The van der Waals surface area contributed by atoms with E-state index in [1.54, 1.807) is 26.9 Å². The molecule has 1 aromatic carbocycles. The van der Waals surface area contributed by atoms with Crippen molar-refractivity contribution >= 4 is 28.4 Å². The van der Waals surface area contributed by atoms with Crippen molar-refractivity contribution < 1.29 is 4.74 Å². The predicted molar refractivity (Wildman–Crippen MR) is 118 cm³/mol. The minimum absolute atomic E-state index is 0.131. The van der Waals surface area contributed by atoms with Gasteiger partial charge in [-0.2, -0.15) is 10.1 Å². The highest BCUT2D eigenvalue weighted by molar-refractivity contribution is 5.73. The summed E-state index contributed by atoms with van der Waals surface area (Å²) in [5, 5.41) is 7.45. The number of benzene rings is 1. The van der Waals surface area contributed by atoms with Crippen molar-refractivity contribution in [3.8, 4) is 5.75 Å². The quantitative estimate of drug-likeness (QED) is 0.471. The Balaban J connectivity index is 1.48. The molecule has 0 aliphatic carbocycles. The van der Waals surface area contributed by atoms with Gasteiger partial charge in [-0.25, -0.2) is 19.3 Å². The highest BCUT2D eigenvalue weighted by Crippen LogP contribution is 2.35. The van der Waals surface area contributed by atoms with E-state index in [1.165, 1.54) is 6.33 Å². The molecule has 0 spiro atoms. The average molecular weight is 428 g/mol. The lowest BCUT2D eigenvalue weighted by atomic mass is 10.0. The van der Waals surface area contributed by atoms with E-state index in [4.69, 9.17) is 9.72 Å². The van der Waals surface area contributed by atoms with Crippen molar-refractivity contribution in [3.05, 3.63) is 70.7 Å². The molecule has 1 aliphatic heterocycles. The van der Waals surface area contributed by atoms with Gasteiger partial charge in [0.25, 0.3) is 0 Å². The van der Waals surface area contributed by atoms with E-state index in [9.17, 15) is 4.79 Å². The maximum Gasteiger partial charge on any atom is 0.330 e. The first kappa shape index (κ1) is 18.6. The highest BCUT2D eigenvalue weighted by atomic mass is 16.5. The first-order valence-electron chi connectivity index (χ1n) is 10.3. The Kier molecular flexibility index (Phi) is 4.00. The Morgan fingerprint density at radius 3 is 3.00 bits per heavy atom. The van der Waals surface area contributed by atoms with Crippen LogP contribution in [0.4, 0.5) is 11.6 Å². The number of ether oxygens (including phenoxy) is 1. The lowest BCUT2D eigenvalue weighted by Gasteiger charge is -2.26. The largest absolute Gasteiger partial charge is 0.493 e. The van der Waals surface area contributed by atoms with E-state index in [0.29, 0.717) is 30.1 Å². The first-order chi connectivity index (χ1) is 15.6. The van der Waals surface area contributed by atoms with E-state index in [-0.39, 0.29) is 11.7 Å². The topological polar surface area (TPSA) is 104 Å². The predicted octanol–water partition coefficient (Wildman–Crippen LogP) is 2.60. The van der Waals surface area contributed by atoms with Crippen molar-refractivity contribution in [2.45, 2.75) is 19.4 Å². The van der Waals surface area contributed by atoms with Crippen LogP contribution in [0, 0.1) is 6.92 Å². The van der Waals surface area contributed by atoms with Gasteiger partial charge in [-0.15, -0.1) is 0 Å². The van der Waals surface area contributed by atoms with E-state index >= 15 is 0 Å². The third kappa shape index (κ3) is 2.76. The molecule has 160 valence electrons. The summed E-state index contributed by atoms with van der Waals surface area (Å²) < 4.78 is 10.8.